The molecule has 76 valence electrons. The van der Waals surface area contributed by atoms with Gasteiger partial charge in [0.15, 0.2) is 0 Å². The van der Waals surface area contributed by atoms with Gasteiger partial charge < -0.3 is 15.2 Å². The smallest absolute Gasteiger partial charge is 0.223 e. The van der Waals surface area contributed by atoms with Crippen LogP contribution in [-0.4, -0.2) is 36.9 Å². The fourth-order valence-electron chi connectivity index (χ4n) is 1.35. The molecule has 2 N–H and O–H groups in total. The topological polar surface area (TPSA) is 58.6 Å². The van der Waals surface area contributed by atoms with Crippen molar-refractivity contribution in [3.8, 4) is 0 Å². The van der Waals surface area contributed by atoms with Gasteiger partial charge in [-0.15, -0.1) is 0 Å². The molecular weight excluding hydrogens is 170 g/mol. The molecule has 1 saturated heterocycles. The average Bonchev–Trinajstić information content (AvgIpc) is 2.15. The maximum Gasteiger partial charge on any atom is 0.223 e. The first-order chi connectivity index (χ1) is 6.20. The summed E-state index contributed by atoms with van der Waals surface area (Å²) in [5.41, 5.74) is 0. The van der Waals surface area contributed by atoms with Crippen molar-refractivity contribution in [3.05, 3.63) is 0 Å². The molecular formula is C9H17NO3. The van der Waals surface area contributed by atoms with Crippen molar-refractivity contribution in [2.45, 2.75) is 25.9 Å². The summed E-state index contributed by atoms with van der Waals surface area (Å²) in [6, 6.07) is 0. The van der Waals surface area contributed by atoms with Gasteiger partial charge in [-0.05, 0) is 19.8 Å². The monoisotopic (exact) mass is 187 g/mol. The third-order valence-corrected chi connectivity index (χ3v) is 2.16. The molecule has 1 atom stereocenters. The molecule has 0 unspecified atom stereocenters. The van der Waals surface area contributed by atoms with Crippen LogP contribution < -0.4 is 5.32 Å². The molecule has 1 heterocycles. The number of hydrogen-bond acceptors (Lipinski definition) is 3. The van der Waals surface area contributed by atoms with E-state index in [1.54, 1.807) is 6.92 Å². The zero-order valence-corrected chi connectivity index (χ0v) is 7.95. The molecule has 0 aromatic rings. The highest BCUT2D eigenvalue weighted by molar-refractivity contribution is 5.78. The first kappa shape index (κ1) is 10.5. The maximum atomic E-state index is 11.4. The van der Waals surface area contributed by atoms with E-state index in [2.05, 4.69) is 5.32 Å². The average molecular weight is 187 g/mol. The number of ether oxygens (including phenoxy) is 1. The summed E-state index contributed by atoms with van der Waals surface area (Å²) >= 11 is 0. The standard InChI is InChI=1S/C9H17NO3/c1-7(11)6-10-9(12)8-2-4-13-5-3-8/h7-8,11H,2-6H2,1H3,(H,10,12)/t7-/m0/s1. The lowest BCUT2D eigenvalue weighted by Crippen LogP contribution is -2.37. The fraction of sp³-hybridized carbons (Fsp3) is 0.889. The SMILES string of the molecule is C[C@H](O)CNC(=O)C1CCOCC1. The molecule has 0 aliphatic carbocycles. The minimum absolute atomic E-state index is 0.0456. The second kappa shape index (κ2) is 5.19. The molecule has 4 nitrogen and oxygen atoms in total. The van der Waals surface area contributed by atoms with Crippen LogP contribution in [0.4, 0.5) is 0 Å². The summed E-state index contributed by atoms with van der Waals surface area (Å²) in [5, 5.41) is 11.7. The molecule has 0 aromatic carbocycles. The van der Waals surface area contributed by atoms with Crippen molar-refractivity contribution in [1.29, 1.82) is 0 Å². The van der Waals surface area contributed by atoms with Crippen LogP contribution in [0.3, 0.4) is 0 Å². The van der Waals surface area contributed by atoms with E-state index in [4.69, 9.17) is 9.84 Å². The minimum atomic E-state index is -0.469. The summed E-state index contributed by atoms with van der Waals surface area (Å²) in [4.78, 5) is 11.4. The number of hydrogen-bond donors (Lipinski definition) is 2. The largest absolute Gasteiger partial charge is 0.392 e. The molecule has 1 fully saturated rings. The van der Waals surface area contributed by atoms with Gasteiger partial charge in [-0.25, -0.2) is 0 Å². The van der Waals surface area contributed by atoms with Crippen LogP contribution in [0.2, 0.25) is 0 Å². The van der Waals surface area contributed by atoms with E-state index in [0.29, 0.717) is 19.8 Å². The van der Waals surface area contributed by atoms with Gasteiger partial charge in [-0.3, -0.25) is 4.79 Å². The van der Waals surface area contributed by atoms with E-state index in [-0.39, 0.29) is 11.8 Å². The number of amides is 1. The number of rotatable bonds is 3. The van der Waals surface area contributed by atoms with Gasteiger partial charge in [0.2, 0.25) is 5.91 Å². The highest BCUT2D eigenvalue weighted by Crippen LogP contribution is 2.14. The second-order valence-electron chi connectivity index (χ2n) is 3.48. The minimum Gasteiger partial charge on any atom is -0.392 e. The lowest BCUT2D eigenvalue weighted by atomic mass is 9.99. The van der Waals surface area contributed by atoms with Crippen LogP contribution in [0.5, 0.6) is 0 Å². The van der Waals surface area contributed by atoms with E-state index >= 15 is 0 Å². The van der Waals surface area contributed by atoms with Crippen LogP contribution >= 0.6 is 0 Å². The third-order valence-electron chi connectivity index (χ3n) is 2.16. The molecule has 13 heavy (non-hydrogen) atoms. The highest BCUT2D eigenvalue weighted by Gasteiger charge is 2.21. The second-order valence-corrected chi connectivity index (χ2v) is 3.48. The van der Waals surface area contributed by atoms with E-state index in [9.17, 15) is 4.79 Å². The van der Waals surface area contributed by atoms with Gasteiger partial charge in [0, 0.05) is 25.7 Å². The zero-order chi connectivity index (χ0) is 9.68. The number of aliphatic hydroxyl groups excluding tert-OH is 1. The number of nitrogens with one attached hydrogen (secondary N) is 1. The van der Waals surface area contributed by atoms with Crippen molar-refractivity contribution in [3.63, 3.8) is 0 Å². The molecule has 1 amide bonds. The summed E-state index contributed by atoms with van der Waals surface area (Å²) in [7, 11) is 0. The molecule has 1 aliphatic rings. The Labute approximate surface area is 78.3 Å². The van der Waals surface area contributed by atoms with E-state index in [1.165, 1.54) is 0 Å². The molecule has 0 saturated carbocycles. The van der Waals surface area contributed by atoms with Gasteiger partial charge in [0.25, 0.3) is 0 Å². The lowest BCUT2D eigenvalue weighted by Gasteiger charge is -2.21. The van der Waals surface area contributed by atoms with E-state index in [1.807, 2.05) is 0 Å². The number of carbonyl (C=O) groups is 1. The molecule has 0 spiro atoms. The summed E-state index contributed by atoms with van der Waals surface area (Å²) < 4.78 is 5.15. The quantitative estimate of drug-likeness (QED) is 0.649. The predicted molar refractivity (Wildman–Crippen MR) is 48.2 cm³/mol. The Hall–Kier alpha value is -0.610. The van der Waals surface area contributed by atoms with Crippen LogP contribution in [0.15, 0.2) is 0 Å². The number of carbonyl (C=O) groups excluding carboxylic acids is 1. The Morgan fingerprint density at radius 2 is 2.23 bits per heavy atom. The summed E-state index contributed by atoms with van der Waals surface area (Å²) in [6.07, 6.45) is 1.13. The van der Waals surface area contributed by atoms with Crippen LogP contribution in [-0.2, 0) is 9.53 Å². The van der Waals surface area contributed by atoms with Gasteiger partial charge in [0.1, 0.15) is 0 Å². The Bertz CT molecular complexity index is 164. The summed E-state index contributed by atoms with van der Waals surface area (Å²) in [6.45, 7) is 3.35. The maximum absolute atomic E-state index is 11.4. The predicted octanol–water partition coefficient (Wildman–Crippen LogP) is -0.0900. The van der Waals surface area contributed by atoms with Crippen LogP contribution in [0.25, 0.3) is 0 Å². The van der Waals surface area contributed by atoms with Gasteiger partial charge >= 0.3 is 0 Å². The third kappa shape index (κ3) is 3.74. The normalized spacial score (nSPS) is 21.1. The molecule has 4 heteroatoms. The van der Waals surface area contributed by atoms with E-state index < -0.39 is 6.10 Å². The molecule has 0 radical (unpaired) electrons. The van der Waals surface area contributed by atoms with Gasteiger partial charge in [-0.2, -0.15) is 0 Å². The Morgan fingerprint density at radius 3 is 2.77 bits per heavy atom. The van der Waals surface area contributed by atoms with E-state index in [0.717, 1.165) is 12.8 Å². The molecule has 1 rings (SSSR count). The molecule has 0 bridgehead atoms. The highest BCUT2D eigenvalue weighted by atomic mass is 16.5. The van der Waals surface area contributed by atoms with Crippen LogP contribution in [0.1, 0.15) is 19.8 Å². The lowest BCUT2D eigenvalue weighted by molar-refractivity contribution is -0.128. The molecule has 1 aliphatic heterocycles. The Morgan fingerprint density at radius 1 is 1.62 bits per heavy atom. The van der Waals surface area contributed by atoms with Crippen LogP contribution in [0, 0.1) is 5.92 Å². The zero-order valence-electron chi connectivity index (χ0n) is 7.95. The van der Waals surface area contributed by atoms with Gasteiger partial charge in [0.05, 0.1) is 6.10 Å². The van der Waals surface area contributed by atoms with Crippen molar-refractivity contribution in [1.82, 2.24) is 5.32 Å². The Balaban J connectivity index is 2.21. The fourth-order valence-corrected chi connectivity index (χ4v) is 1.35. The first-order valence-corrected chi connectivity index (χ1v) is 4.73. The number of aliphatic hydroxyl groups is 1. The van der Waals surface area contributed by atoms with Crippen molar-refractivity contribution in [2.24, 2.45) is 5.92 Å². The summed E-state index contributed by atoms with van der Waals surface area (Å²) in [5.74, 6) is 0.122. The Kier molecular flexibility index (Phi) is 4.18. The first-order valence-electron chi connectivity index (χ1n) is 4.73. The van der Waals surface area contributed by atoms with Crippen molar-refractivity contribution < 1.29 is 14.6 Å². The van der Waals surface area contributed by atoms with Crippen molar-refractivity contribution >= 4 is 5.91 Å². The van der Waals surface area contributed by atoms with Gasteiger partial charge in [-0.1, -0.05) is 0 Å². The molecule has 0 aromatic heterocycles. The van der Waals surface area contributed by atoms with Crippen molar-refractivity contribution in [2.75, 3.05) is 19.8 Å².